The molecular formula is C11H17NO2. The smallest absolute Gasteiger partial charge is 0.0995 e. The van der Waals surface area contributed by atoms with Gasteiger partial charge in [-0.2, -0.15) is 5.26 Å². The van der Waals surface area contributed by atoms with E-state index >= 15 is 0 Å². The van der Waals surface area contributed by atoms with E-state index < -0.39 is 17.6 Å². The molecule has 0 aromatic carbocycles. The van der Waals surface area contributed by atoms with Gasteiger partial charge >= 0.3 is 0 Å². The molecule has 3 heteroatoms. The lowest BCUT2D eigenvalue weighted by Crippen LogP contribution is -2.41. The van der Waals surface area contributed by atoms with E-state index in [1.54, 1.807) is 0 Å². The SMILES string of the molecule is CC1(C)[C@@]2(C#N)CC[C@]1(C)[C@@H](O)[C@H]2O. The van der Waals surface area contributed by atoms with E-state index in [1.165, 1.54) is 0 Å². The van der Waals surface area contributed by atoms with Crippen LogP contribution in [0.5, 0.6) is 0 Å². The van der Waals surface area contributed by atoms with Gasteiger partial charge in [0.2, 0.25) is 0 Å². The summed E-state index contributed by atoms with van der Waals surface area (Å²) in [5.41, 5.74) is -1.38. The molecule has 0 aromatic rings. The summed E-state index contributed by atoms with van der Waals surface area (Å²) in [5.74, 6) is 0. The van der Waals surface area contributed by atoms with E-state index in [2.05, 4.69) is 6.07 Å². The highest BCUT2D eigenvalue weighted by Gasteiger charge is 2.74. The summed E-state index contributed by atoms with van der Waals surface area (Å²) in [6, 6.07) is 2.25. The molecule has 14 heavy (non-hydrogen) atoms. The van der Waals surface area contributed by atoms with Crippen molar-refractivity contribution in [1.29, 1.82) is 5.26 Å². The minimum atomic E-state index is -0.888. The van der Waals surface area contributed by atoms with E-state index in [-0.39, 0.29) is 10.8 Å². The van der Waals surface area contributed by atoms with Crippen molar-refractivity contribution in [3.05, 3.63) is 0 Å². The van der Waals surface area contributed by atoms with Crippen molar-refractivity contribution in [3.8, 4) is 6.07 Å². The average Bonchev–Trinajstić information content (AvgIpc) is 2.39. The third-order valence-corrected chi connectivity index (χ3v) is 5.24. The van der Waals surface area contributed by atoms with Crippen molar-refractivity contribution >= 4 is 0 Å². The maximum atomic E-state index is 9.98. The van der Waals surface area contributed by atoms with Crippen LogP contribution in [0, 0.1) is 27.6 Å². The lowest BCUT2D eigenvalue weighted by Gasteiger charge is -2.37. The van der Waals surface area contributed by atoms with Crippen LogP contribution in [0.15, 0.2) is 0 Å². The highest BCUT2D eigenvalue weighted by molar-refractivity contribution is 5.29. The van der Waals surface area contributed by atoms with Crippen LogP contribution >= 0.6 is 0 Å². The molecule has 2 bridgehead atoms. The molecule has 2 fully saturated rings. The standard InChI is InChI=1S/C11H17NO2/c1-9(2)10(3)4-5-11(9,6-12)8(14)7(10)13/h7-8,13-14H,4-5H2,1-3H3/t7-,8+,10+,11+/m0/s1. The molecule has 78 valence electrons. The molecule has 0 amide bonds. The second-order valence-corrected chi connectivity index (χ2v) is 5.52. The zero-order chi connectivity index (χ0) is 10.8. The fourth-order valence-electron chi connectivity index (χ4n) is 3.51. The van der Waals surface area contributed by atoms with Crippen LogP contribution in [0.4, 0.5) is 0 Å². The van der Waals surface area contributed by atoms with Crippen molar-refractivity contribution in [2.24, 2.45) is 16.2 Å². The van der Waals surface area contributed by atoms with Crippen molar-refractivity contribution in [1.82, 2.24) is 0 Å². The van der Waals surface area contributed by atoms with Crippen LogP contribution in [0.2, 0.25) is 0 Å². The molecule has 2 aliphatic rings. The zero-order valence-electron chi connectivity index (χ0n) is 8.91. The lowest BCUT2D eigenvalue weighted by molar-refractivity contribution is -0.0594. The number of aliphatic hydroxyl groups is 2. The molecule has 0 heterocycles. The van der Waals surface area contributed by atoms with Gasteiger partial charge in [0.05, 0.1) is 23.7 Å². The summed E-state index contributed by atoms with van der Waals surface area (Å²) < 4.78 is 0. The molecule has 4 atom stereocenters. The summed E-state index contributed by atoms with van der Waals surface area (Å²) in [4.78, 5) is 0. The van der Waals surface area contributed by atoms with Gasteiger partial charge < -0.3 is 10.2 Å². The Morgan fingerprint density at radius 1 is 1.14 bits per heavy atom. The van der Waals surface area contributed by atoms with E-state index in [4.69, 9.17) is 0 Å². The monoisotopic (exact) mass is 195 g/mol. The lowest BCUT2D eigenvalue weighted by atomic mass is 9.65. The van der Waals surface area contributed by atoms with E-state index in [0.29, 0.717) is 6.42 Å². The Morgan fingerprint density at radius 2 is 1.71 bits per heavy atom. The number of nitrogens with zero attached hydrogens (tertiary/aromatic N) is 1. The average molecular weight is 195 g/mol. The maximum Gasteiger partial charge on any atom is 0.0995 e. The largest absolute Gasteiger partial charge is 0.390 e. The van der Waals surface area contributed by atoms with Gasteiger partial charge in [-0.05, 0) is 18.3 Å². The molecule has 0 unspecified atom stereocenters. The topological polar surface area (TPSA) is 64.2 Å². The Kier molecular flexibility index (Phi) is 1.65. The van der Waals surface area contributed by atoms with Crippen LogP contribution in [-0.4, -0.2) is 22.4 Å². The van der Waals surface area contributed by atoms with Gasteiger partial charge in [0, 0.05) is 5.41 Å². The fraction of sp³-hybridized carbons (Fsp3) is 0.909. The van der Waals surface area contributed by atoms with Crippen LogP contribution in [0.3, 0.4) is 0 Å². The minimum absolute atomic E-state index is 0.312. The quantitative estimate of drug-likeness (QED) is 0.607. The number of fused-ring (bicyclic) bond motifs is 2. The van der Waals surface area contributed by atoms with Crippen LogP contribution in [-0.2, 0) is 0 Å². The summed E-state index contributed by atoms with van der Waals surface area (Å²) in [6.45, 7) is 5.96. The molecule has 0 saturated heterocycles. The van der Waals surface area contributed by atoms with Gasteiger partial charge in [-0.25, -0.2) is 0 Å². The highest BCUT2D eigenvalue weighted by atomic mass is 16.3. The summed E-state index contributed by atoms with van der Waals surface area (Å²) in [6.07, 6.45) is -0.121. The number of hydrogen-bond donors (Lipinski definition) is 2. The number of rotatable bonds is 0. The van der Waals surface area contributed by atoms with Crippen LogP contribution in [0.1, 0.15) is 33.6 Å². The van der Waals surface area contributed by atoms with Crippen molar-refractivity contribution in [3.63, 3.8) is 0 Å². The molecule has 0 aromatic heterocycles. The first-order valence-corrected chi connectivity index (χ1v) is 5.11. The Morgan fingerprint density at radius 3 is 2.00 bits per heavy atom. The van der Waals surface area contributed by atoms with Gasteiger partial charge in [-0.15, -0.1) is 0 Å². The summed E-state index contributed by atoms with van der Waals surface area (Å²) >= 11 is 0. The Bertz CT molecular complexity index is 320. The van der Waals surface area contributed by atoms with Crippen LogP contribution in [0.25, 0.3) is 0 Å². The summed E-state index contributed by atoms with van der Waals surface area (Å²) in [5, 5.41) is 29.2. The molecular weight excluding hydrogens is 178 g/mol. The Labute approximate surface area is 84.4 Å². The summed E-state index contributed by atoms with van der Waals surface area (Å²) in [7, 11) is 0. The zero-order valence-corrected chi connectivity index (χ0v) is 8.91. The van der Waals surface area contributed by atoms with Gasteiger partial charge in [0.25, 0.3) is 0 Å². The second kappa shape index (κ2) is 2.32. The molecule has 2 N–H and O–H groups in total. The molecule has 0 spiro atoms. The van der Waals surface area contributed by atoms with Crippen molar-refractivity contribution in [2.75, 3.05) is 0 Å². The third-order valence-electron chi connectivity index (χ3n) is 5.24. The number of hydrogen-bond acceptors (Lipinski definition) is 3. The first-order valence-electron chi connectivity index (χ1n) is 5.11. The predicted octanol–water partition coefficient (Wildman–Crippen LogP) is 1.06. The Hall–Kier alpha value is -0.590. The fourth-order valence-corrected chi connectivity index (χ4v) is 3.51. The van der Waals surface area contributed by atoms with Crippen molar-refractivity contribution in [2.45, 2.75) is 45.8 Å². The third kappa shape index (κ3) is 0.656. The predicted molar refractivity (Wildman–Crippen MR) is 51.2 cm³/mol. The first-order chi connectivity index (χ1) is 6.33. The normalized spacial score (nSPS) is 54.6. The van der Waals surface area contributed by atoms with E-state index in [9.17, 15) is 15.5 Å². The number of aliphatic hydroxyl groups excluding tert-OH is 2. The minimum Gasteiger partial charge on any atom is -0.390 e. The molecule has 2 rings (SSSR count). The highest BCUT2D eigenvalue weighted by Crippen LogP contribution is 2.71. The molecule has 2 saturated carbocycles. The van der Waals surface area contributed by atoms with Crippen LogP contribution < -0.4 is 0 Å². The molecule has 0 radical (unpaired) electrons. The first kappa shape index (κ1) is 9.95. The Balaban J connectivity index is 2.61. The van der Waals surface area contributed by atoms with Crippen molar-refractivity contribution < 1.29 is 10.2 Å². The maximum absolute atomic E-state index is 9.98. The second-order valence-electron chi connectivity index (χ2n) is 5.52. The molecule has 2 aliphatic carbocycles. The van der Waals surface area contributed by atoms with Gasteiger partial charge in [-0.1, -0.05) is 20.8 Å². The number of nitriles is 1. The molecule has 3 nitrogen and oxygen atoms in total. The van der Waals surface area contributed by atoms with Gasteiger partial charge in [0.1, 0.15) is 0 Å². The van der Waals surface area contributed by atoms with Gasteiger partial charge in [0.15, 0.2) is 0 Å². The molecule has 0 aliphatic heterocycles. The van der Waals surface area contributed by atoms with Gasteiger partial charge in [-0.3, -0.25) is 0 Å². The van der Waals surface area contributed by atoms with E-state index in [0.717, 1.165) is 6.42 Å². The van der Waals surface area contributed by atoms with E-state index in [1.807, 2.05) is 20.8 Å².